The number of piperidine rings is 1. The number of hydrogen-bond acceptors (Lipinski definition) is 8. The second-order valence-corrected chi connectivity index (χ2v) is 14.9. The van der Waals surface area contributed by atoms with Gasteiger partial charge in [-0.3, -0.25) is 9.59 Å². The Hall–Kier alpha value is -3.97. The molecule has 13 heteroatoms. The van der Waals surface area contributed by atoms with Gasteiger partial charge in [0.15, 0.2) is 0 Å². The zero-order valence-electron chi connectivity index (χ0n) is 26.1. The number of hydrogen-bond donors (Lipinski definition) is 4. The van der Waals surface area contributed by atoms with Crippen LogP contribution in [0.1, 0.15) is 57.6 Å². The number of sulfone groups is 1. The van der Waals surface area contributed by atoms with Gasteiger partial charge in [-0.1, -0.05) is 29.8 Å². The summed E-state index contributed by atoms with van der Waals surface area (Å²) in [5.74, 6) is -2.94. The van der Waals surface area contributed by atoms with E-state index in [0.717, 1.165) is 5.56 Å². The van der Waals surface area contributed by atoms with Crippen LogP contribution in [0.4, 0.5) is 10.5 Å². The first-order valence-electron chi connectivity index (χ1n) is 15.1. The van der Waals surface area contributed by atoms with Crippen LogP contribution in [0, 0.1) is 12.8 Å². The van der Waals surface area contributed by atoms with Gasteiger partial charge in [0.05, 0.1) is 10.9 Å². The maximum Gasteiger partial charge on any atom is 0.410 e. The molecule has 0 aliphatic carbocycles. The van der Waals surface area contributed by atoms with Gasteiger partial charge in [0, 0.05) is 31.1 Å². The topological polar surface area (TPSA) is 171 Å². The normalized spacial score (nSPS) is 18.9. The van der Waals surface area contributed by atoms with Crippen molar-refractivity contribution in [1.82, 2.24) is 15.5 Å². The van der Waals surface area contributed by atoms with Gasteiger partial charge < -0.3 is 30.7 Å². The summed E-state index contributed by atoms with van der Waals surface area (Å²) in [6, 6.07) is 11.3. The standard InChI is InChI=1S/C32H42N4O8S/c1-21-7-13-25(14-8-21)45(42,43)32(29(39)40,35-28(38)26-6-5-17-33-26)20-22-9-11-24(12-10-22)34-27(37)23-15-18-36(19-16-23)30(41)44-31(2,3)4/h7-14,23,26,33H,5-6,15-20H2,1-4H3,(H,34,37)(H,35,38)(H,39,40)/t26-,32+/m0/s1. The van der Waals surface area contributed by atoms with E-state index < -0.39 is 50.7 Å². The Labute approximate surface area is 263 Å². The lowest BCUT2D eigenvalue weighted by atomic mass is 9.96. The molecule has 2 aliphatic rings. The highest BCUT2D eigenvalue weighted by atomic mass is 32.2. The zero-order valence-corrected chi connectivity index (χ0v) is 26.9. The van der Waals surface area contributed by atoms with Crippen LogP contribution in [0.5, 0.6) is 0 Å². The number of anilines is 1. The van der Waals surface area contributed by atoms with Crippen LogP contribution in [-0.4, -0.2) is 78.4 Å². The quantitative estimate of drug-likeness (QED) is 0.321. The molecule has 2 aliphatic heterocycles. The highest BCUT2D eigenvalue weighted by Crippen LogP contribution is 2.30. The SMILES string of the molecule is Cc1ccc(S(=O)(=O)[C@@](Cc2ccc(NC(=O)C3CCN(C(=O)OC(C)(C)C)CC3)cc2)(NC(=O)[C@@H]2CCCN2)C(=O)O)cc1. The summed E-state index contributed by atoms with van der Waals surface area (Å²) in [5, 5.41) is 18.7. The average molecular weight is 643 g/mol. The molecule has 0 saturated carbocycles. The van der Waals surface area contributed by atoms with Gasteiger partial charge in [-0.15, -0.1) is 0 Å². The van der Waals surface area contributed by atoms with Gasteiger partial charge in [-0.2, -0.15) is 0 Å². The molecule has 2 saturated heterocycles. The summed E-state index contributed by atoms with van der Waals surface area (Å²) in [4.78, 5) is 50.0. The third kappa shape index (κ3) is 8.01. The van der Waals surface area contributed by atoms with E-state index in [0.29, 0.717) is 56.6 Å². The van der Waals surface area contributed by atoms with Gasteiger partial charge in [0.1, 0.15) is 5.60 Å². The van der Waals surface area contributed by atoms with Crippen molar-refractivity contribution in [3.05, 3.63) is 59.7 Å². The van der Waals surface area contributed by atoms with Gasteiger partial charge >= 0.3 is 12.1 Å². The highest BCUT2D eigenvalue weighted by molar-refractivity contribution is 7.93. The number of rotatable bonds is 9. The number of amides is 3. The minimum absolute atomic E-state index is 0.218. The maximum atomic E-state index is 14.0. The van der Waals surface area contributed by atoms with Gasteiger partial charge in [0.2, 0.25) is 26.5 Å². The van der Waals surface area contributed by atoms with E-state index in [1.165, 1.54) is 24.3 Å². The minimum atomic E-state index is -4.63. The predicted molar refractivity (Wildman–Crippen MR) is 167 cm³/mol. The first kappa shape index (κ1) is 33.9. The van der Waals surface area contributed by atoms with E-state index in [9.17, 15) is 32.7 Å². The molecular weight excluding hydrogens is 600 g/mol. The number of nitrogens with one attached hydrogen (secondary N) is 3. The Morgan fingerprint density at radius 1 is 0.956 bits per heavy atom. The summed E-state index contributed by atoms with van der Waals surface area (Å²) in [6.07, 6.45) is 1.15. The monoisotopic (exact) mass is 642 g/mol. The van der Waals surface area contributed by atoms with Crippen LogP contribution in [0.2, 0.25) is 0 Å². The Bertz CT molecular complexity index is 1510. The van der Waals surface area contributed by atoms with E-state index in [-0.39, 0.29) is 16.7 Å². The predicted octanol–water partition coefficient (Wildman–Crippen LogP) is 3.25. The fourth-order valence-electron chi connectivity index (χ4n) is 5.45. The molecule has 2 aromatic carbocycles. The van der Waals surface area contributed by atoms with Crippen molar-refractivity contribution in [1.29, 1.82) is 0 Å². The van der Waals surface area contributed by atoms with E-state index in [1.807, 2.05) is 0 Å². The van der Waals surface area contributed by atoms with E-state index in [4.69, 9.17) is 4.74 Å². The molecule has 4 rings (SSSR count). The lowest BCUT2D eigenvalue weighted by molar-refractivity contribution is -0.144. The molecule has 0 aromatic heterocycles. The molecule has 0 radical (unpaired) electrons. The number of aryl methyl sites for hydroxylation is 1. The molecule has 0 unspecified atom stereocenters. The highest BCUT2D eigenvalue weighted by Gasteiger charge is 2.54. The number of carbonyl (C=O) groups excluding carboxylic acids is 3. The molecule has 2 heterocycles. The molecule has 244 valence electrons. The van der Waals surface area contributed by atoms with Gasteiger partial charge in [0.25, 0.3) is 0 Å². The molecule has 4 N–H and O–H groups in total. The summed E-state index contributed by atoms with van der Waals surface area (Å²) in [5.41, 5.74) is 0.960. The Kier molecular flexibility index (Phi) is 10.2. The van der Waals surface area contributed by atoms with Crippen molar-refractivity contribution in [2.24, 2.45) is 5.92 Å². The number of carbonyl (C=O) groups is 4. The molecule has 0 bridgehead atoms. The Morgan fingerprint density at radius 2 is 1.58 bits per heavy atom. The van der Waals surface area contributed by atoms with Crippen molar-refractivity contribution in [2.75, 3.05) is 25.0 Å². The van der Waals surface area contributed by atoms with E-state index >= 15 is 0 Å². The maximum absolute atomic E-state index is 14.0. The summed E-state index contributed by atoms with van der Waals surface area (Å²) in [7, 11) is -4.63. The third-order valence-corrected chi connectivity index (χ3v) is 10.3. The second-order valence-electron chi connectivity index (χ2n) is 12.7. The van der Waals surface area contributed by atoms with Gasteiger partial charge in [-0.05, 0) is 89.8 Å². The average Bonchev–Trinajstić information content (AvgIpc) is 3.52. The summed E-state index contributed by atoms with van der Waals surface area (Å²) in [6.45, 7) is 8.52. The molecule has 2 fully saturated rings. The van der Waals surface area contributed by atoms with Gasteiger partial charge in [-0.25, -0.2) is 18.0 Å². The summed E-state index contributed by atoms with van der Waals surface area (Å²) < 4.78 is 33.4. The minimum Gasteiger partial charge on any atom is -0.479 e. The third-order valence-electron chi connectivity index (χ3n) is 8.03. The molecule has 12 nitrogen and oxygen atoms in total. The number of carboxylic acids is 1. The number of benzene rings is 2. The Balaban J connectivity index is 1.50. The van der Waals surface area contributed by atoms with Crippen molar-refractivity contribution < 1.29 is 37.4 Å². The molecular formula is C32H42N4O8S. The number of carboxylic acid groups (broad SMARTS) is 1. The molecule has 0 spiro atoms. The molecule has 45 heavy (non-hydrogen) atoms. The van der Waals surface area contributed by atoms with Crippen LogP contribution in [0.15, 0.2) is 53.4 Å². The van der Waals surface area contributed by atoms with Crippen LogP contribution < -0.4 is 16.0 Å². The first-order valence-corrected chi connectivity index (χ1v) is 16.6. The molecule has 3 amide bonds. The number of ether oxygens (including phenoxy) is 1. The fourth-order valence-corrected chi connectivity index (χ4v) is 7.17. The number of nitrogens with zero attached hydrogens (tertiary/aromatic N) is 1. The zero-order chi connectivity index (χ0) is 33.0. The largest absolute Gasteiger partial charge is 0.479 e. The van der Waals surface area contributed by atoms with Crippen LogP contribution in [0.3, 0.4) is 0 Å². The smallest absolute Gasteiger partial charge is 0.410 e. The van der Waals surface area contributed by atoms with Crippen molar-refractivity contribution >= 4 is 39.4 Å². The van der Waals surface area contributed by atoms with E-state index in [1.54, 1.807) is 56.9 Å². The van der Waals surface area contributed by atoms with Crippen molar-refractivity contribution in [2.45, 2.75) is 81.2 Å². The molecule has 2 aromatic rings. The fraction of sp³-hybridized carbons (Fsp3) is 0.500. The lowest BCUT2D eigenvalue weighted by Gasteiger charge is -2.33. The van der Waals surface area contributed by atoms with Crippen LogP contribution in [-0.2, 0) is 35.4 Å². The number of aliphatic carboxylic acids is 1. The lowest BCUT2D eigenvalue weighted by Crippen LogP contribution is -2.63. The first-order chi connectivity index (χ1) is 21.1. The second kappa shape index (κ2) is 13.6. The van der Waals surface area contributed by atoms with Crippen LogP contribution >= 0.6 is 0 Å². The van der Waals surface area contributed by atoms with Crippen molar-refractivity contribution in [3.63, 3.8) is 0 Å². The Morgan fingerprint density at radius 3 is 2.11 bits per heavy atom. The van der Waals surface area contributed by atoms with E-state index in [2.05, 4.69) is 16.0 Å². The molecule has 2 atom stereocenters. The van der Waals surface area contributed by atoms with Crippen molar-refractivity contribution in [3.8, 4) is 0 Å². The summed E-state index contributed by atoms with van der Waals surface area (Å²) >= 11 is 0. The number of likely N-dealkylation sites (tertiary alicyclic amines) is 1. The van der Waals surface area contributed by atoms with Crippen LogP contribution in [0.25, 0.3) is 0 Å².